The van der Waals surface area contributed by atoms with E-state index in [1.807, 2.05) is 55.5 Å². The van der Waals surface area contributed by atoms with Crippen LogP contribution in [0.2, 0.25) is 5.02 Å². The first kappa shape index (κ1) is 15.1. The van der Waals surface area contributed by atoms with Crippen molar-refractivity contribution < 1.29 is 0 Å². The molecule has 0 amide bonds. The number of fused-ring (bicyclic) bond motifs is 1. The molecule has 0 bridgehead atoms. The SMILES string of the molecule is CCn1c(SCc2cccc(Cl)c2)nc2ccccc2c1=O. The minimum atomic E-state index is 0.0155. The van der Waals surface area contributed by atoms with Crippen LogP contribution in [0, 0.1) is 0 Å². The highest BCUT2D eigenvalue weighted by Gasteiger charge is 2.10. The third kappa shape index (κ3) is 3.03. The number of hydrogen-bond donors (Lipinski definition) is 0. The lowest BCUT2D eigenvalue weighted by molar-refractivity contribution is 0.634. The molecule has 0 aliphatic carbocycles. The van der Waals surface area contributed by atoms with E-state index < -0.39 is 0 Å². The van der Waals surface area contributed by atoms with Crippen molar-refractivity contribution in [1.82, 2.24) is 9.55 Å². The Hall–Kier alpha value is -1.78. The number of rotatable bonds is 4. The molecule has 112 valence electrons. The molecular weight excluding hydrogens is 316 g/mol. The fraction of sp³-hybridized carbons (Fsp3) is 0.176. The topological polar surface area (TPSA) is 34.9 Å². The maximum atomic E-state index is 12.5. The van der Waals surface area contributed by atoms with Crippen LogP contribution in [-0.2, 0) is 12.3 Å². The van der Waals surface area contributed by atoms with Crippen LogP contribution in [0.25, 0.3) is 10.9 Å². The van der Waals surface area contributed by atoms with E-state index in [0.29, 0.717) is 11.9 Å². The highest BCUT2D eigenvalue weighted by atomic mass is 35.5. The molecule has 0 fully saturated rings. The predicted molar refractivity (Wildman–Crippen MR) is 92.7 cm³/mol. The molecule has 0 radical (unpaired) electrons. The number of thioether (sulfide) groups is 1. The first-order valence-corrected chi connectivity index (χ1v) is 8.42. The van der Waals surface area contributed by atoms with Crippen molar-refractivity contribution in [2.24, 2.45) is 0 Å². The number of benzene rings is 2. The molecule has 0 atom stereocenters. The number of hydrogen-bond acceptors (Lipinski definition) is 3. The normalized spacial score (nSPS) is 11.0. The van der Waals surface area contributed by atoms with Gasteiger partial charge in [0.2, 0.25) is 0 Å². The second-order valence-electron chi connectivity index (χ2n) is 4.88. The largest absolute Gasteiger partial charge is 0.287 e. The maximum absolute atomic E-state index is 12.5. The Bertz CT molecular complexity index is 876. The zero-order chi connectivity index (χ0) is 15.5. The van der Waals surface area contributed by atoms with Crippen LogP contribution < -0.4 is 5.56 Å². The summed E-state index contributed by atoms with van der Waals surface area (Å²) in [7, 11) is 0. The summed E-state index contributed by atoms with van der Waals surface area (Å²) in [5.41, 5.74) is 1.87. The van der Waals surface area contributed by atoms with Crippen molar-refractivity contribution in [2.45, 2.75) is 24.4 Å². The molecule has 1 aromatic heterocycles. The van der Waals surface area contributed by atoms with Gasteiger partial charge in [-0.15, -0.1) is 0 Å². The molecule has 0 saturated heterocycles. The Morgan fingerprint density at radius 2 is 2.00 bits per heavy atom. The number of para-hydroxylation sites is 1. The molecule has 3 aromatic rings. The Morgan fingerprint density at radius 3 is 2.77 bits per heavy atom. The molecule has 3 rings (SSSR count). The van der Waals surface area contributed by atoms with Crippen LogP contribution in [0.3, 0.4) is 0 Å². The van der Waals surface area contributed by atoms with Gasteiger partial charge in [0.05, 0.1) is 10.9 Å². The van der Waals surface area contributed by atoms with Gasteiger partial charge in [0.25, 0.3) is 5.56 Å². The summed E-state index contributed by atoms with van der Waals surface area (Å²) < 4.78 is 1.72. The van der Waals surface area contributed by atoms with Crippen molar-refractivity contribution in [3.63, 3.8) is 0 Å². The van der Waals surface area contributed by atoms with Gasteiger partial charge in [-0.3, -0.25) is 9.36 Å². The van der Waals surface area contributed by atoms with Crippen LogP contribution in [-0.4, -0.2) is 9.55 Å². The van der Waals surface area contributed by atoms with Crippen LogP contribution in [0.15, 0.2) is 58.5 Å². The number of aromatic nitrogens is 2. The van der Waals surface area contributed by atoms with Crippen LogP contribution >= 0.6 is 23.4 Å². The summed E-state index contributed by atoms with van der Waals surface area (Å²) >= 11 is 7.56. The monoisotopic (exact) mass is 330 g/mol. The van der Waals surface area contributed by atoms with Crippen molar-refractivity contribution in [1.29, 1.82) is 0 Å². The van der Waals surface area contributed by atoms with Crippen LogP contribution in [0.4, 0.5) is 0 Å². The highest BCUT2D eigenvalue weighted by molar-refractivity contribution is 7.98. The molecule has 0 aliphatic heterocycles. The quantitative estimate of drug-likeness (QED) is 0.526. The van der Waals surface area contributed by atoms with Gasteiger partial charge in [0, 0.05) is 17.3 Å². The van der Waals surface area contributed by atoms with E-state index in [1.54, 1.807) is 16.3 Å². The summed E-state index contributed by atoms with van der Waals surface area (Å²) in [6.45, 7) is 2.57. The molecule has 3 nitrogen and oxygen atoms in total. The zero-order valence-corrected chi connectivity index (χ0v) is 13.7. The summed E-state index contributed by atoms with van der Waals surface area (Å²) in [6.07, 6.45) is 0. The summed E-state index contributed by atoms with van der Waals surface area (Å²) in [5, 5.41) is 2.13. The van der Waals surface area contributed by atoms with Crippen molar-refractivity contribution in [3.05, 3.63) is 69.5 Å². The Balaban J connectivity index is 1.97. The van der Waals surface area contributed by atoms with Gasteiger partial charge < -0.3 is 0 Å². The van der Waals surface area contributed by atoms with E-state index in [9.17, 15) is 4.79 Å². The Labute approximate surface area is 138 Å². The fourth-order valence-electron chi connectivity index (χ4n) is 2.31. The average Bonchev–Trinajstić information content (AvgIpc) is 2.53. The van der Waals surface area contributed by atoms with E-state index in [0.717, 1.165) is 27.0 Å². The standard InChI is InChI=1S/C17H15ClN2OS/c1-2-20-16(21)14-8-3-4-9-15(14)19-17(20)22-11-12-6-5-7-13(18)10-12/h3-10H,2,11H2,1H3. The van der Waals surface area contributed by atoms with E-state index in [-0.39, 0.29) is 5.56 Å². The number of halogens is 1. The van der Waals surface area contributed by atoms with E-state index >= 15 is 0 Å². The molecule has 0 spiro atoms. The average molecular weight is 331 g/mol. The molecule has 22 heavy (non-hydrogen) atoms. The van der Waals surface area contributed by atoms with Gasteiger partial charge in [0.1, 0.15) is 0 Å². The summed E-state index contributed by atoms with van der Waals surface area (Å²) in [4.78, 5) is 17.2. The smallest absolute Gasteiger partial charge is 0.262 e. The summed E-state index contributed by atoms with van der Waals surface area (Å²) in [6, 6.07) is 15.2. The van der Waals surface area contributed by atoms with Gasteiger partial charge in [-0.25, -0.2) is 4.98 Å². The minimum absolute atomic E-state index is 0.0155. The minimum Gasteiger partial charge on any atom is -0.287 e. The second kappa shape index (κ2) is 6.55. The van der Waals surface area contributed by atoms with Gasteiger partial charge in [-0.05, 0) is 36.8 Å². The molecule has 0 unspecified atom stereocenters. The highest BCUT2D eigenvalue weighted by Crippen LogP contribution is 2.23. The first-order chi connectivity index (χ1) is 10.7. The fourth-order valence-corrected chi connectivity index (χ4v) is 3.53. The third-order valence-electron chi connectivity index (χ3n) is 3.40. The molecule has 0 aliphatic rings. The number of nitrogens with zero attached hydrogens (tertiary/aromatic N) is 2. The van der Waals surface area contributed by atoms with Gasteiger partial charge in [-0.1, -0.05) is 47.6 Å². The predicted octanol–water partition coefficient (Wildman–Crippen LogP) is 4.36. The van der Waals surface area contributed by atoms with Gasteiger partial charge in [-0.2, -0.15) is 0 Å². The van der Waals surface area contributed by atoms with Gasteiger partial charge in [0.15, 0.2) is 5.16 Å². The Morgan fingerprint density at radius 1 is 1.18 bits per heavy atom. The molecular formula is C17H15ClN2OS. The molecule has 0 N–H and O–H groups in total. The van der Waals surface area contributed by atoms with Crippen LogP contribution in [0.5, 0.6) is 0 Å². The third-order valence-corrected chi connectivity index (χ3v) is 4.68. The van der Waals surface area contributed by atoms with Crippen LogP contribution in [0.1, 0.15) is 12.5 Å². The molecule has 0 saturated carbocycles. The second-order valence-corrected chi connectivity index (χ2v) is 6.26. The zero-order valence-electron chi connectivity index (χ0n) is 12.1. The van der Waals surface area contributed by atoms with E-state index in [4.69, 9.17) is 11.6 Å². The van der Waals surface area contributed by atoms with Crippen molar-refractivity contribution in [2.75, 3.05) is 0 Å². The van der Waals surface area contributed by atoms with Crippen molar-refractivity contribution in [3.8, 4) is 0 Å². The lowest BCUT2D eigenvalue weighted by atomic mass is 10.2. The lowest BCUT2D eigenvalue weighted by Gasteiger charge is -2.11. The molecule has 2 aromatic carbocycles. The molecule has 5 heteroatoms. The van der Waals surface area contributed by atoms with Crippen molar-refractivity contribution >= 4 is 34.3 Å². The maximum Gasteiger partial charge on any atom is 0.262 e. The first-order valence-electron chi connectivity index (χ1n) is 7.06. The molecule has 1 heterocycles. The van der Waals surface area contributed by atoms with E-state index in [1.165, 1.54) is 0 Å². The lowest BCUT2D eigenvalue weighted by Crippen LogP contribution is -2.22. The Kier molecular flexibility index (Phi) is 4.50. The van der Waals surface area contributed by atoms with Gasteiger partial charge >= 0.3 is 0 Å². The van der Waals surface area contributed by atoms with E-state index in [2.05, 4.69) is 4.98 Å². The summed E-state index contributed by atoms with van der Waals surface area (Å²) in [5.74, 6) is 0.728.